The average Bonchev–Trinajstić information content (AvgIpc) is 2.88. The summed E-state index contributed by atoms with van der Waals surface area (Å²) in [5.41, 5.74) is 0.963. The molecule has 2 aromatic carbocycles. The number of amidine groups is 1. The molecule has 0 aliphatic carbocycles. The number of carbonyl (C=O) groups is 2. The molecule has 0 unspecified atom stereocenters. The van der Waals surface area contributed by atoms with Gasteiger partial charge in [-0.2, -0.15) is 0 Å². The Hall–Kier alpha value is -2.38. The monoisotopic (exact) mass is 391 g/mol. The second-order valence-electron chi connectivity index (χ2n) is 5.52. The van der Waals surface area contributed by atoms with E-state index in [9.17, 15) is 14.0 Å². The van der Waals surface area contributed by atoms with Crippen LogP contribution in [0.5, 0.6) is 0 Å². The number of hydrogen-bond acceptors (Lipinski definition) is 4. The van der Waals surface area contributed by atoms with Gasteiger partial charge in [-0.15, -0.1) is 0 Å². The van der Waals surface area contributed by atoms with Crippen molar-refractivity contribution in [1.82, 2.24) is 0 Å². The molecule has 0 spiro atoms. The van der Waals surface area contributed by atoms with E-state index in [0.717, 1.165) is 16.7 Å². The van der Waals surface area contributed by atoms with Crippen LogP contribution in [0.3, 0.4) is 0 Å². The van der Waals surface area contributed by atoms with Crippen LogP contribution in [-0.2, 0) is 9.59 Å². The van der Waals surface area contributed by atoms with Crippen LogP contribution < -0.4 is 10.2 Å². The van der Waals surface area contributed by atoms with Gasteiger partial charge in [-0.3, -0.25) is 14.6 Å². The number of thioether (sulfide) groups is 1. The van der Waals surface area contributed by atoms with Crippen LogP contribution in [0.2, 0.25) is 5.02 Å². The largest absolute Gasteiger partial charge is 0.335 e. The number of nitrogens with one attached hydrogen (secondary N) is 1. The van der Waals surface area contributed by atoms with E-state index >= 15 is 0 Å². The normalized spacial score (nSPS) is 17.7. The number of benzene rings is 2. The van der Waals surface area contributed by atoms with E-state index in [4.69, 9.17) is 11.6 Å². The SMILES string of the molecule is CN=C(Nc1cccc(F)c1)S[C@@H]1CC(=O)N(c2cccc(Cl)c2)C1=O. The number of hydrogen-bond donors (Lipinski definition) is 1. The summed E-state index contributed by atoms with van der Waals surface area (Å²) < 4.78 is 13.3. The van der Waals surface area contributed by atoms with Crippen molar-refractivity contribution < 1.29 is 14.0 Å². The number of imide groups is 1. The first-order chi connectivity index (χ1) is 12.5. The summed E-state index contributed by atoms with van der Waals surface area (Å²) in [7, 11) is 1.56. The second-order valence-corrected chi connectivity index (χ2v) is 7.15. The van der Waals surface area contributed by atoms with Gasteiger partial charge in [0.25, 0.3) is 0 Å². The summed E-state index contributed by atoms with van der Waals surface area (Å²) >= 11 is 7.09. The zero-order chi connectivity index (χ0) is 18.7. The maximum atomic E-state index is 13.3. The third-order valence-electron chi connectivity index (χ3n) is 3.70. The minimum atomic E-state index is -0.610. The second kappa shape index (κ2) is 7.88. The van der Waals surface area contributed by atoms with Crippen LogP contribution in [0.4, 0.5) is 15.8 Å². The molecule has 1 aliphatic heterocycles. The molecular weight excluding hydrogens is 377 g/mol. The molecule has 1 fully saturated rings. The quantitative estimate of drug-likeness (QED) is 0.489. The highest BCUT2D eigenvalue weighted by Gasteiger charge is 2.40. The Morgan fingerprint density at radius 3 is 2.73 bits per heavy atom. The lowest BCUT2D eigenvalue weighted by atomic mass is 10.3. The molecule has 5 nitrogen and oxygen atoms in total. The van der Waals surface area contributed by atoms with E-state index in [1.165, 1.54) is 12.1 Å². The van der Waals surface area contributed by atoms with Crippen LogP contribution in [0.15, 0.2) is 53.5 Å². The van der Waals surface area contributed by atoms with Gasteiger partial charge in [0.1, 0.15) is 11.1 Å². The Morgan fingerprint density at radius 1 is 1.27 bits per heavy atom. The van der Waals surface area contributed by atoms with Crippen LogP contribution in [0.25, 0.3) is 0 Å². The third-order valence-corrected chi connectivity index (χ3v) is 5.10. The number of aliphatic imine (C=N–C) groups is 1. The highest BCUT2D eigenvalue weighted by molar-refractivity contribution is 8.15. The van der Waals surface area contributed by atoms with Gasteiger partial charge in [0.2, 0.25) is 11.8 Å². The fourth-order valence-corrected chi connectivity index (χ4v) is 3.71. The highest BCUT2D eigenvalue weighted by atomic mass is 35.5. The molecule has 1 atom stereocenters. The Bertz CT molecular complexity index is 890. The summed E-state index contributed by atoms with van der Waals surface area (Å²) in [5.74, 6) is -1.00. The van der Waals surface area contributed by atoms with Gasteiger partial charge in [-0.05, 0) is 36.4 Å². The molecule has 8 heteroatoms. The zero-order valence-electron chi connectivity index (χ0n) is 13.8. The number of carbonyl (C=O) groups excluding carboxylic acids is 2. The van der Waals surface area contributed by atoms with E-state index < -0.39 is 5.25 Å². The molecule has 2 amide bonds. The first-order valence-corrected chi connectivity index (χ1v) is 9.02. The Balaban J connectivity index is 1.73. The standard InChI is InChI=1S/C18H15ClFN3O2S/c1-21-18(22-13-6-3-5-12(20)9-13)26-15-10-16(24)23(17(15)25)14-7-2-4-11(19)8-14/h2-9,15H,10H2,1H3,(H,21,22)/t15-/m1/s1. The van der Waals surface area contributed by atoms with Crippen molar-refractivity contribution in [3.8, 4) is 0 Å². The molecule has 0 aromatic heterocycles. The number of rotatable bonds is 3. The smallest absolute Gasteiger partial charge is 0.247 e. The number of nitrogens with zero attached hydrogens (tertiary/aromatic N) is 2. The van der Waals surface area contributed by atoms with E-state index in [1.807, 2.05) is 0 Å². The summed E-state index contributed by atoms with van der Waals surface area (Å²) in [5, 5.41) is 3.23. The van der Waals surface area contributed by atoms with Gasteiger partial charge < -0.3 is 5.32 Å². The third kappa shape index (κ3) is 4.05. The predicted octanol–water partition coefficient (Wildman–Crippen LogP) is 3.94. The van der Waals surface area contributed by atoms with Crippen molar-refractivity contribution in [1.29, 1.82) is 0 Å². The average molecular weight is 392 g/mol. The molecule has 26 heavy (non-hydrogen) atoms. The summed E-state index contributed by atoms with van der Waals surface area (Å²) in [6.45, 7) is 0. The molecule has 134 valence electrons. The summed E-state index contributed by atoms with van der Waals surface area (Å²) in [4.78, 5) is 30.2. The molecule has 0 radical (unpaired) electrons. The molecule has 1 N–H and O–H groups in total. The van der Waals surface area contributed by atoms with Crippen molar-refractivity contribution in [3.63, 3.8) is 0 Å². The van der Waals surface area contributed by atoms with Gasteiger partial charge >= 0.3 is 0 Å². The minimum Gasteiger partial charge on any atom is -0.335 e. The molecule has 1 saturated heterocycles. The van der Waals surface area contributed by atoms with Gasteiger partial charge in [0.15, 0.2) is 5.17 Å². The molecule has 3 rings (SSSR count). The Labute approximate surface area is 159 Å². The van der Waals surface area contributed by atoms with Crippen LogP contribution >= 0.6 is 23.4 Å². The van der Waals surface area contributed by atoms with Gasteiger partial charge in [0.05, 0.1) is 5.69 Å². The van der Waals surface area contributed by atoms with E-state index in [2.05, 4.69) is 10.3 Å². The van der Waals surface area contributed by atoms with Crippen molar-refractivity contribution in [3.05, 3.63) is 59.4 Å². The van der Waals surface area contributed by atoms with Gasteiger partial charge in [-0.1, -0.05) is 35.5 Å². The summed E-state index contributed by atoms with van der Waals surface area (Å²) in [6.07, 6.45) is 0.0554. The predicted molar refractivity (Wildman–Crippen MR) is 103 cm³/mol. The molecule has 0 saturated carbocycles. The lowest BCUT2D eigenvalue weighted by Crippen LogP contribution is -2.31. The Morgan fingerprint density at radius 2 is 2.04 bits per heavy atom. The van der Waals surface area contributed by atoms with Crippen molar-refractivity contribution in [2.24, 2.45) is 4.99 Å². The first kappa shape index (κ1) is 18.4. The van der Waals surface area contributed by atoms with Gasteiger partial charge in [-0.25, -0.2) is 9.29 Å². The maximum Gasteiger partial charge on any atom is 0.247 e. The fraction of sp³-hybridized carbons (Fsp3) is 0.167. The molecule has 1 heterocycles. The molecule has 1 aliphatic rings. The van der Waals surface area contributed by atoms with Crippen LogP contribution in [0.1, 0.15) is 6.42 Å². The highest BCUT2D eigenvalue weighted by Crippen LogP contribution is 2.31. The molecule has 2 aromatic rings. The zero-order valence-corrected chi connectivity index (χ0v) is 15.4. The molecular formula is C18H15ClFN3O2S. The van der Waals surface area contributed by atoms with Crippen molar-refractivity contribution in [2.75, 3.05) is 17.3 Å². The topological polar surface area (TPSA) is 61.8 Å². The summed E-state index contributed by atoms with van der Waals surface area (Å²) in [6, 6.07) is 12.5. The number of anilines is 2. The lowest BCUT2D eigenvalue weighted by Gasteiger charge is -2.16. The fourth-order valence-electron chi connectivity index (χ4n) is 2.55. The number of amides is 2. The van der Waals surface area contributed by atoms with Crippen LogP contribution in [0, 0.1) is 5.82 Å². The first-order valence-electron chi connectivity index (χ1n) is 7.76. The van der Waals surface area contributed by atoms with E-state index in [1.54, 1.807) is 43.4 Å². The maximum absolute atomic E-state index is 13.3. The van der Waals surface area contributed by atoms with Crippen molar-refractivity contribution in [2.45, 2.75) is 11.7 Å². The molecule has 0 bridgehead atoms. The number of halogens is 2. The van der Waals surface area contributed by atoms with E-state index in [0.29, 0.717) is 21.6 Å². The lowest BCUT2D eigenvalue weighted by molar-refractivity contribution is -0.121. The van der Waals surface area contributed by atoms with Crippen molar-refractivity contribution >= 4 is 51.7 Å². The Kier molecular flexibility index (Phi) is 5.58. The van der Waals surface area contributed by atoms with Gasteiger partial charge in [0, 0.05) is 24.2 Å². The van der Waals surface area contributed by atoms with Crippen LogP contribution in [-0.4, -0.2) is 29.3 Å². The van der Waals surface area contributed by atoms with E-state index in [-0.39, 0.29) is 24.1 Å². The minimum absolute atomic E-state index is 0.0554.